The van der Waals surface area contributed by atoms with Gasteiger partial charge in [-0.1, -0.05) is 117 Å². The summed E-state index contributed by atoms with van der Waals surface area (Å²) in [6.07, 6.45) is 12.7. The van der Waals surface area contributed by atoms with Crippen LogP contribution in [0.5, 0.6) is 0 Å². The summed E-state index contributed by atoms with van der Waals surface area (Å²) in [6.45, 7) is 2.08. The van der Waals surface area contributed by atoms with Gasteiger partial charge in [0.05, 0.1) is 23.8 Å². The minimum Gasteiger partial charge on any atom is -0.340 e. The maximum Gasteiger partial charge on any atom is 0.0590 e. The Morgan fingerprint density at radius 3 is 1.20 bits per heavy atom. The number of nitrogens with zero attached hydrogens (tertiary/aromatic N) is 6. The van der Waals surface area contributed by atoms with Crippen LogP contribution in [0.4, 0.5) is 11.4 Å². The fourth-order valence-corrected chi connectivity index (χ4v) is 7.94. The van der Waals surface area contributed by atoms with Gasteiger partial charge in [-0.25, -0.2) is 0 Å². The topological polar surface area (TPSA) is 41.1 Å². The van der Waals surface area contributed by atoms with E-state index in [0.717, 1.165) is 35.6 Å². The highest BCUT2D eigenvalue weighted by Crippen LogP contribution is 2.32. The molecule has 8 rings (SSSR count). The molecular formula is C49H50N6. The molecule has 2 heterocycles. The Hall–Kier alpha value is -6.14. The van der Waals surface area contributed by atoms with Crippen LogP contribution >= 0.6 is 0 Å². The van der Waals surface area contributed by atoms with Crippen LogP contribution in [0.2, 0.25) is 0 Å². The first-order valence-corrected chi connectivity index (χ1v) is 19.8. The molecule has 0 spiro atoms. The van der Waals surface area contributed by atoms with Crippen LogP contribution in [0.25, 0.3) is 43.6 Å². The Bertz CT molecular complexity index is 2380. The second-order valence-corrected chi connectivity index (χ2v) is 14.6. The first-order valence-electron chi connectivity index (χ1n) is 19.8. The molecule has 0 aliphatic heterocycles. The molecule has 0 unspecified atom stereocenters. The van der Waals surface area contributed by atoms with Gasteiger partial charge >= 0.3 is 0 Å². The van der Waals surface area contributed by atoms with Crippen LogP contribution in [-0.2, 0) is 13.1 Å². The van der Waals surface area contributed by atoms with E-state index in [0.29, 0.717) is 0 Å². The number of aromatic nitrogens is 2. The van der Waals surface area contributed by atoms with Crippen molar-refractivity contribution in [1.82, 2.24) is 9.13 Å². The molecule has 0 N–H and O–H groups in total. The zero-order valence-corrected chi connectivity index (χ0v) is 32.1. The third-order valence-corrected chi connectivity index (χ3v) is 10.9. The Morgan fingerprint density at radius 1 is 0.400 bits per heavy atom. The lowest BCUT2D eigenvalue weighted by molar-refractivity contribution is 0.540. The normalized spacial score (nSPS) is 12.0. The lowest BCUT2D eigenvalue weighted by Gasteiger charge is -2.12. The molecule has 0 radical (unpaired) electrons. The van der Waals surface area contributed by atoms with Crippen molar-refractivity contribution in [2.45, 2.75) is 58.0 Å². The molecule has 6 heteroatoms. The smallest absolute Gasteiger partial charge is 0.0590 e. The van der Waals surface area contributed by atoms with E-state index in [1.165, 1.54) is 88.6 Å². The Labute approximate surface area is 324 Å². The van der Waals surface area contributed by atoms with E-state index in [9.17, 15) is 0 Å². The molecule has 0 atom stereocenters. The highest BCUT2D eigenvalue weighted by molar-refractivity contribution is 6.10. The van der Waals surface area contributed by atoms with Crippen molar-refractivity contribution in [3.63, 3.8) is 0 Å². The highest BCUT2D eigenvalue weighted by atomic mass is 15.4. The van der Waals surface area contributed by atoms with E-state index >= 15 is 0 Å². The van der Waals surface area contributed by atoms with Crippen LogP contribution in [0, 0.1) is 0 Å². The van der Waals surface area contributed by atoms with Crippen molar-refractivity contribution in [3.05, 3.63) is 157 Å². The number of hydrogen-bond donors (Lipinski definition) is 0. The number of hydrazone groups is 2. The minimum atomic E-state index is 1.04. The minimum absolute atomic E-state index is 1.04. The summed E-state index contributed by atoms with van der Waals surface area (Å²) < 4.78 is 5.04. The second-order valence-electron chi connectivity index (χ2n) is 14.6. The first-order chi connectivity index (χ1) is 27.1. The average molecular weight is 723 g/mol. The average Bonchev–Trinajstić information content (AvgIpc) is 3.73. The number of para-hydroxylation sites is 4. The number of rotatable bonds is 16. The standard InChI is InChI=1S/C49H50N6/c1-52(40-20-10-8-11-21-40)50-36-38-28-30-48-44(34-38)42-24-14-16-26-46(42)54(48)32-18-6-4-3-5-7-19-33-55-47-27-17-15-25-43(47)45-35-39(29-31-49(45)55)37-51-53(2)41-22-12-9-13-23-41/h8-17,20-31,34-37H,3-7,18-19,32-33H2,1-2H3. The SMILES string of the molecule is CN(N=Cc1ccc2c(c1)c1ccccc1n2CCCCCCCCCn1c2ccccc2c2cc(C=NN(C)c3ccccc3)ccc21)c1ccccc1. The third kappa shape index (κ3) is 8.04. The molecule has 0 aliphatic rings. The maximum absolute atomic E-state index is 4.71. The number of benzene rings is 6. The van der Waals surface area contributed by atoms with Crippen LogP contribution < -0.4 is 10.0 Å². The molecule has 0 fully saturated rings. The highest BCUT2D eigenvalue weighted by Gasteiger charge is 2.12. The molecule has 0 saturated heterocycles. The van der Waals surface area contributed by atoms with Crippen LogP contribution in [0.3, 0.4) is 0 Å². The van der Waals surface area contributed by atoms with Gasteiger partial charge in [-0.2, -0.15) is 10.2 Å². The van der Waals surface area contributed by atoms with Crippen molar-refractivity contribution in [1.29, 1.82) is 0 Å². The van der Waals surface area contributed by atoms with E-state index in [2.05, 4.69) is 118 Å². The second kappa shape index (κ2) is 16.9. The molecule has 0 bridgehead atoms. The third-order valence-electron chi connectivity index (χ3n) is 10.9. The lowest BCUT2D eigenvalue weighted by atomic mass is 10.1. The largest absolute Gasteiger partial charge is 0.340 e. The monoisotopic (exact) mass is 722 g/mol. The van der Waals surface area contributed by atoms with Gasteiger partial charge in [0.1, 0.15) is 0 Å². The summed E-state index contributed by atoms with van der Waals surface area (Å²) in [5.74, 6) is 0. The number of fused-ring (bicyclic) bond motifs is 6. The number of hydrogen-bond acceptors (Lipinski definition) is 4. The van der Waals surface area contributed by atoms with Gasteiger partial charge in [0.15, 0.2) is 0 Å². The number of aryl methyl sites for hydroxylation is 2. The quantitative estimate of drug-likeness (QED) is 0.0566. The van der Waals surface area contributed by atoms with E-state index in [-0.39, 0.29) is 0 Å². The molecule has 6 nitrogen and oxygen atoms in total. The van der Waals surface area contributed by atoms with Gasteiger partial charge < -0.3 is 9.13 Å². The molecule has 6 aromatic carbocycles. The predicted octanol–water partition coefficient (Wildman–Crippen LogP) is 12.3. The molecule has 0 saturated carbocycles. The van der Waals surface area contributed by atoms with Gasteiger partial charge in [0.2, 0.25) is 0 Å². The summed E-state index contributed by atoms with van der Waals surface area (Å²) in [4.78, 5) is 0. The maximum atomic E-state index is 4.71. The molecule has 55 heavy (non-hydrogen) atoms. The predicted molar refractivity (Wildman–Crippen MR) is 236 cm³/mol. The summed E-state index contributed by atoms with van der Waals surface area (Å²) in [5, 5.41) is 18.5. The Kier molecular flexibility index (Phi) is 11.0. The molecular weight excluding hydrogens is 673 g/mol. The van der Waals surface area contributed by atoms with Crippen LogP contribution in [0.15, 0.2) is 156 Å². The molecule has 0 aliphatic carbocycles. The van der Waals surface area contributed by atoms with Crippen LogP contribution in [-0.4, -0.2) is 35.7 Å². The van der Waals surface area contributed by atoms with Crippen molar-refractivity contribution in [2.75, 3.05) is 24.1 Å². The van der Waals surface area contributed by atoms with Gasteiger partial charge in [-0.3, -0.25) is 10.0 Å². The summed E-state index contributed by atoms with van der Waals surface area (Å²) in [5.41, 5.74) is 9.61. The van der Waals surface area contributed by atoms with E-state index < -0.39 is 0 Å². The summed E-state index contributed by atoms with van der Waals surface area (Å²) in [7, 11) is 3.98. The van der Waals surface area contributed by atoms with Crippen molar-refractivity contribution >= 4 is 67.4 Å². The number of anilines is 2. The summed E-state index contributed by atoms with van der Waals surface area (Å²) in [6, 6.07) is 51.7. The van der Waals surface area contributed by atoms with E-state index in [1.54, 1.807) is 0 Å². The first kappa shape index (κ1) is 35.9. The lowest BCUT2D eigenvalue weighted by Crippen LogP contribution is -2.08. The zero-order chi connectivity index (χ0) is 37.4. The Morgan fingerprint density at radius 2 is 0.764 bits per heavy atom. The molecule has 2 aromatic heterocycles. The fraction of sp³-hybridized carbons (Fsp3) is 0.224. The van der Waals surface area contributed by atoms with Crippen molar-refractivity contribution < 1.29 is 0 Å². The molecule has 0 amide bonds. The van der Waals surface area contributed by atoms with Crippen molar-refractivity contribution in [3.8, 4) is 0 Å². The van der Waals surface area contributed by atoms with Crippen molar-refractivity contribution in [2.24, 2.45) is 10.2 Å². The van der Waals surface area contributed by atoms with Gasteiger partial charge in [0.25, 0.3) is 0 Å². The van der Waals surface area contributed by atoms with E-state index in [1.807, 2.05) is 72.9 Å². The Balaban J connectivity index is 0.833. The van der Waals surface area contributed by atoms with Gasteiger partial charge in [-0.15, -0.1) is 0 Å². The van der Waals surface area contributed by atoms with Gasteiger partial charge in [-0.05, 0) is 84.6 Å². The number of unbranched alkanes of at least 4 members (excludes halogenated alkanes) is 6. The molecule has 276 valence electrons. The fourth-order valence-electron chi connectivity index (χ4n) is 7.94. The zero-order valence-electron chi connectivity index (χ0n) is 32.1. The van der Waals surface area contributed by atoms with Gasteiger partial charge in [0, 0.05) is 70.8 Å². The van der Waals surface area contributed by atoms with Crippen LogP contribution in [0.1, 0.15) is 56.1 Å². The summed E-state index contributed by atoms with van der Waals surface area (Å²) >= 11 is 0. The molecule has 8 aromatic rings. The van der Waals surface area contributed by atoms with E-state index in [4.69, 9.17) is 10.2 Å².